The first kappa shape index (κ1) is 31.6. The summed E-state index contributed by atoms with van der Waals surface area (Å²) in [5, 5.41) is 9.07. The van der Waals surface area contributed by atoms with Gasteiger partial charge in [0.15, 0.2) is 34.4 Å². The second-order valence-corrected chi connectivity index (χ2v) is 11.0. The first-order valence-corrected chi connectivity index (χ1v) is 14.4. The molecule has 1 aliphatic heterocycles. The molecule has 228 valence electrons. The van der Waals surface area contributed by atoms with Crippen LogP contribution in [0.25, 0.3) is 6.08 Å². The van der Waals surface area contributed by atoms with Gasteiger partial charge in [-0.25, -0.2) is 14.6 Å². The van der Waals surface area contributed by atoms with E-state index in [4.69, 9.17) is 40.4 Å². The van der Waals surface area contributed by atoms with Crippen molar-refractivity contribution in [1.29, 1.82) is 0 Å². The lowest BCUT2D eigenvalue weighted by molar-refractivity contribution is -0.140. The van der Waals surface area contributed by atoms with E-state index in [2.05, 4.69) is 4.99 Å². The van der Waals surface area contributed by atoms with Gasteiger partial charge in [-0.15, -0.1) is 0 Å². The third-order valence-electron chi connectivity index (χ3n) is 6.27. The predicted molar refractivity (Wildman–Crippen MR) is 160 cm³/mol. The third-order valence-corrected chi connectivity index (χ3v) is 7.54. The highest BCUT2D eigenvalue weighted by atomic mass is 35.5. The summed E-state index contributed by atoms with van der Waals surface area (Å²) in [5.74, 6) is -0.527. The van der Waals surface area contributed by atoms with Gasteiger partial charge in [0.25, 0.3) is 5.56 Å². The molecule has 1 aromatic heterocycles. The number of hydrogen-bond donors (Lipinski definition) is 1. The summed E-state index contributed by atoms with van der Waals surface area (Å²) in [4.78, 5) is 43.1. The fourth-order valence-electron chi connectivity index (χ4n) is 4.56. The summed E-state index contributed by atoms with van der Waals surface area (Å²) in [6.45, 7) is 6.74. The second kappa shape index (κ2) is 13.3. The predicted octanol–water partition coefficient (Wildman–Crippen LogP) is 3.72. The number of allylic oxidation sites excluding steroid dienone is 1. The van der Waals surface area contributed by atoms with Gasteiger partial charge in [-0.1, -0.05) is 29.0 Å². The monoisotopic (exact) mass is 630 g/mol. The molecule has 1 atom stereocenters. The normalized spacial score (nSPS) is 14.7. The van der Waals surface area contributed by atoms with Crippen molar-refractivity contribution in [3.05, 3.63) is 77.4 Å². The van der Waals surface area contributed by atoms with Crippen LogP contribution in [0, 0.1) is 0 Å². The number of hydrogen-bond acceptors (Lipinski definition) is 10. The van der Waals surface area contributed by atoms with E-state index in [-0.39, 0.29) is 34.8 Å². The molecule has 0 fully saturated rings. The van der Waals surface area contributed by atoms with Crippen LogP contribution in [0.15, 0.2) is 51.4 Å². The van der Waals surface area contributed by atoms with E-state index in [0.29, 0.717) is 37.7 Å². The topological polar surface area (TPSA) is 135 Å². The molecule has 2 heterocycles. The van der Waals surface area contributed by atoms with E-state index in [9.17, 15) is 14.4 Å². The van der Waals surface area contributed by atoms with Gasteiger partial charge in [0.1, 0.15) is 0 Å². The van der Waals surface area contributed by atoms with Gasteiger partial charge in [-0.05, 0) is 69.2 Å². The van der Waals surface area contributed by atoms with Gasteiger partial charge in [-0.3, -0.25) is 9.36 Å². The lowest BCUT2D eigenvalue weighted by Crippen LogP contribution is -2.40. The van der Waals surface area contributed by atoms with E-state index in [1.165, 1.54) is 24.9 Å². The van der Waals surface area contributed by atoms with E-state index >= 15 is 0 Å². The molecule has 3 aromatic rings. The number of fused-ring (bicyclic) bond motifs is 1. The molecule has 13 heteroatoms. The molecule has 0 spiro atoms. The Hall–Kier alpha value is -4.29. The first-order valence-electron chi connectivity index (χ1n) is 13.2. The summed E-state index contributed by atoms with van der Waals surface area (Å²) in [6.07, 6.45) is 1.51. The fraction of sp³-hybridized carbons (Fsp3) is 0.333. The lowest BCUT2D eigenvalue weighted by Gasteiger charge is -2.25. The number of carboxylic acid groups (broad SMARTS) is 1. The number of nitrogens with zero attached hydrogens (tertiary/aromatic N) is 2. The molecule has 0 saturated heterocycles. The van der Waals surface area contributed by atoms with Crippen LogP contribution in [0.4, 0.5) is 0 Å². The zero-order chi connectivity index (χ0) is 31.4. The molecule has 43 heavy (non-hydrogen) atoms. The number of methoxy groups -OCH3 is 2. The maximum atomic E-state index is 14.0. The largest absolute Gasteiger partial charge is 0.493 e. The van der Waals surface area contributed by atoms with Gasteiger partial charge in [0.2, 0.25) is 0 Å². The number of rotatable bonds is 11. The molecular formula is C30H31ClN2O9S. The fourth-order valence-corrected chi connectivity index (χ4v) is 5.88. The van der Waals surface area contributed by atoms with Crippen LogP contribution in [-0.2, 0) is 14.3 Å². The minimum atomic E-state index is -1.17. The average Bonchev–Trinajstić information content (AvgIpc) is 3.25. The molecule has 1 aliphatic rings. The number of benzene rings is 2. The SMILES string of the molecule is CCOC(=O)C1=C(C)N=c2s/c(=C\c3cc(Cl)c(OCC(=O)O)c(OC)c3)c(=O)n2[C@@H]1c1ccc(OC(C)C)c(OC)c1. The minimum absolute atomic E-state index is 0.0683. The highest BCUT2D eigenvalue weighted by Gasteiger charge is 2.34. The summed E-state index contributed by atoms with van der Waals surface area (Å²) in [5.41, 5.74) is 1.35. The van der Waals surface area contributed by atoms with E-state index < -0.39 is 30.1 Å². The van der Waals surface area contributed by atoms with Gasteiger partial charge >= 0.3 is 11.9 Å². The van der Waals surface area contributed by atoms with E-state index in [0.717, 1.165) is 11.3 Å². The number of carboxylic acids is 1. The number of carbonyl (C=O) groups excluding carboxylic acids is 1. The molecule has 0 saturated carbocycles. The van der Waals surface area contributed by atoms with Crippen LogP contribution in [-0.4, -0.2) is 55.1 Å². The first-order chi connectivity index (χ1) is 20.5. The summed E-state index contributed by atoms with van der Waals surface area (Å²) in [7, 11) is 2.91. The van der Waals surface area contributed by atoms with Gasteiger partial charge < -0.3 is 28.8 Å². The number of ether oxygens (including phenoxy) is 5. The average molecular weight is 631 g/mol. The Morgan fingerprint density at radius 1 is 1.14 bits per heavy atom. The van der Waals surface area contributed by atoms with Gasteiger partial charge in [0.05, 0.1) is 53.8 Å². The van der Waals surface area contributed by atoms with Crippen LogP contribution in [0.1, 0.15) is 44.9 Å². The molecule has 0 radical (unpaired) electrons. The van der Waals surface area contributed by atoms with Crippen LogP contribution < -0.4 is 33.8 Å². The van der Waals surface area contributed by atoms with Crippen molar-refractivity contribution in [1.82, 2.24) is 4.57 Å². The number of aromatic nitrogens is 1. The van der Waals surface area contributed by atoms with Crippen molar-refractivity contribution >= 4 is 41.0 Å². The highest BCUT2D eigenvalue weighted by Crippen LogP contribution is 2.38. The standard InChI is InChI=1S/C30H31ClN2O9S/c1-7-40-29(37)25-16(4)32-30-33(26(25)18-8-9-20(42-15(2)3)21(13-18)38-5)28(36)23(43-30)12-17-10-19(31)27(22(11-17)39-6)41-14-24(34)35/h8-13,15,26H,7,14H2,1-6H3,(H,34,35)/b23-12-/t26-/m1/s1. The molecule has 0 bridgehead atoms. The molecule has 11 nitrogen and oxygen atoms in total. The Morgan fingerprint density at radius 2 is 1.86 bits per heavy atom. The van der Waals surface area contributed by atoms with E-state index in [1.807, 2.05) is 13.8 Å². The quantitative estimate of drug-likeness (QED) is 0.315. The molecule has 1 N–H and O–H groups in total. The number of thiazole rings is 1. The molecule has 0 aliphatic carbocycles. The maximum Gasteiger partial charge on any atom is 0.341 e. The zero-order valence-corrected chi connectivity index (χ0v) is 26.0. The van der Waals surface area contributed by atoms with Crippen molar-refractivity contribution in [2.75, 3.05) is 27.4 Å². The molecule has 2 aromatic carbocycles. The summed E-state index contributed by atoms with van der Waals surface area (Å²) in [6, 6.07) is 7.50. The molecular weight excluding hydrogens is 600 g/mol. The summed E-state index contributed by atoms with van der Waals surface area (Å²) >= 11 is 7.52. The van der Waals surface area contributed by atoms with Crippen LogP contribution >= 0.6 is 22.9 Å². The van der Waals surface area contributed by atoms with Crippen molar-refractivity contribution < 1.29 is 38.4 Å². The number of aliphatic carboxylic acids is 1. The Labute approximate surface area is 256 Å². The van der Waals surface area contributed by atoms with Crippen LogP contribution in [0.3, 0.4) is 0 Å². The number of carbonyl (C=O) groups is 2. The zero-order valence-electron chi connectivity index (χ0n) is 24.4. The number of halogens is 1. The van der Waals surface area contributed by atoms with Crippen molar-refractivity contribution in [3.8, 4) is 23.0 Å². The molecule has 4 rings (SSSR count). The lowest BCUT2D eigenvalue weighted by atomic mass is 9.95. The van der Waals surface area contributed by atoms with Crippen LogP contribution in [0.2, 0.25) is 5.02 Å². The summed E-state index contributed by atoms with van der Waals surface area (Å²) < 4.78 is 29.2. The Kier molecular flexibility index (Phi) is 9.82. The Morgan fingerprint density at radius 3 is 2.49 bits per heavy atom. The minimum Gasteiger partial charge on any atom is -0.493 e. The van der Waals surface area contributed by atoms with Crippen LogP contribution in [0.5, 0.6) is 23.0 Å². The second-order valence-electron chi connectivity index (χ2n) is 9.60. The molecule has 0 amide bonds. The smallest absolute Gasteiger partial charge is 0.341 e. The Balaban J connectivity index is 1.90. The Bertz CT molecular complexity index is 1770. The van der Waals surface area contributed by atoms with Crippen molar-refractivity contribution in [2.45, 2.75) is 39.8 Å². The van der Waals surface area contributed by atoms with Crippen molar-refractivity contribution in [2.24, 2.45) is 4.99 Å². The maximum absolute atomic E-state index is 14.0. The highest BCUT2D eigenvalue weighted by molar-refractivity contribution is 7.07. The van der Waals surface area contributed by atoms with E-state index in [1.54, 1.807) is 44.2 Å². The molecule has 0 unspecified atom stereocenters. The van der Waals surface area contributed by atoms with Gasteiger partial charge in [-0.2, -0.15) is 0 Å². The van der Waals surface area contributed by atoms with Gasteiger partial charge in [0, 0.05) is 0 Å². The number of esters is 1. The third kappa shape index (κ3) is 6.70. The van der Waals surface area contributed by atoms with Crippen molar-refractivity contribution in [3.63, 3.8) is 0 Å².